The first-order valence-electron chi connectivity index (χ1n) is 24.4. The lowest BCUT2D eigenvalue weighted by Gasteiger charge is -2.18. The Morgan fingerprint density at radius 2 is 0.692 bits per heavy atom. The number of fused-ring (bicyclic) bond motifs is 3. The number of ether oxygens (including phenoxy) is 6. The molecule has 3 aromatic heterocycles. The SMILES string of the molecule is COc1ccc2c(c1)c(CC(=O)OCC(COC(=O)Cc1c(C)n(C(=O)c3ccc(Cl)cc3)c3ccc(OC)cc13)OC(=O)Cc1c(C)n(C(=O)c3ccc(Cl)cc3)c3ccc(OC)cc13)c(C)n2C(=O)c1ccc(Cl)cc1. The van der Waals surface area contributed by atoms with Gasteiger partial charge in [-0.05, 0) is 165 Å². The largest absolute Gasteiger partial charge is 0.497 e. The summed E-state index contributed by atoms with van der Waals surface area (Å²) in [7, 11) is 4.51. The molecular formula is C60H50Cl3N3O12. The van der Waals surface area contributed by atoms with Gasteiger partial charge in [0.1, 0.15) is 30.5 Å². The molecule has 0 aliphatic rings. The summed E-state index contributed by atoms with van der Waals surface area (Å²) in [5, 5.41) is 3.04. The second-order valence-electron chi connectivity index (χ2n) is 18.3. The predicted octanol–water partition coefficient (Wildman–Crippen LogP) is 11.6. The lowest BCUT2D eigenvalue weighted by atomic mass is 10.1. The van der Waals surface area contributed by atoms with Crippen LogP contribution in [0.3, 0.4) is 0 Å². The van der Waals surface area contributed by atoms with Gasteiger partial charge in [0.05, 0.1) is 57.1 Å². The van der Waals surface area contributed by atoms with E-state index in [0.29, 0.717) is 115 Å². The number of hydrogen-bond acceptors (Lipinski definition) is 12. The summed E-state index contributed by atoms with van der Waals surface area (Å²) in [6.07, 6.45) is -2.35. The number of halogens is 3. The van der Waals surface area contributed by atoms with Crippen LogP contribution in [0.2, 0.25) is 15.1 Å². The van der Waals surface area contributed by atoms with Crippen molar-refractivity contribution >= 4 is 103 Å². The van der Waals surface area contributed by atoms with Crippen LogP contribution in [0.4, 0.5) is 0 Å². The van der Waals surface area contributed by atoms with Gasteiger partial charge in [-0.25, -0.2) is 0 Å². The van der Waals surface area contributed by atoms with Crippen LogP contribution in [0, 0.1) is 20.8 Å². The summed E-state index contributed by atoms with van der Waals surface area (Å²) in [5.41, 5.74) is 5.42. The molecule has 9 aromatic rings. The molecule has 15 nitrogen and oxygen atoms in total. The molecule has 0 spiro atoms. The number of nitrogens with zero attached hydrogens (tertiary/aromatic N) is 3. The van der Waals surface area contributed by atoms with Gasteiger partial charge in [-0.1, -0.05) is 34.8 Å². The topological polar surface area (TPSA) is 173 Å². The monoisotopic (exact) mass is 1110 g/mol. The minimum atomic E-state index is -1.35. The second kappa shape index (κ2) is 23.1. The summed E-state index contributed by atoms with van der Waals surface area (Å²) < 4.78 is 38.8. The van der Waals surface area contributed by atoms with E-state index in [2.05, 4.69) is 0 Å². The van der Waals surface area contributed by atoms with Crippen LogP contribution in [0.5, 0.6) is 17.2 Å². The minimum absolute atomic E-state index is 0.319. The van der Waals surface area contributed by atoms with E-state index in [1.54, 1.807) is 148 Å². The van der Waals surface area contributed by atoms with Gasteiger partial charge in [-0.2, -0.15) is 0 Å². The van der Waals surface area contributed by atoms with Gasteiger partial charge in [0.2, 0.25) is 0 Å². The standard InChI is InChI=1S/C60H50Cl3N3O12/c1-33-46(49-25-42(73-4)19-22-52(49)64(33)58(70)36-7-13-39(61)14-8-36)28-55(67)76-31-45(78-57(69)30-48-35(3)66(54-24-21-44(75-6)27-51(48)54)60(72)38-11-17-41(63)18-12-38)32-77-56(68)29-47-34(2)65(53-23-20-43(74-5)26-50(47)53)59(71)37-9-15-40(62)16-10-37/h7-27,45H,28-32H2,1-6H3. The number of aromatic nitrogens is 3. The Labute approximate surface area is 462 Å². The highest BCUT2D eigenvalue weighted by atomic mass is 35.5. The fourth-order valence-electron chi connectivity index (χ4n) is 9.64. The molecular weight excluding hydrogens is 1060 g/mol. The molecule has 0 N–H and O–H groups in total. The second-order valence-corrected chi connectivity index (χ2v) is 19.6. The smallest absolute Gasteiger partial charge is 0.310 e. The molecule has 0 radical (unpaired) electrons. The maximum absolute atomic E-state index is 14.3. The number of methoxy groups -OCH3 is 3. The number of carbonyl (C=O) groups excluding carboxylic acids is 6. The maximum Gasteiger partial charge on any atom is 0.310 e. The number of esters is 3. The van der Waals surface area contributed by atoms with Crippen LogP contribution in [-0.2, 0) is 47.9 Å². The number of hydrogen-bond donors (Lipinski definition) is 0. The molecule has 0 bridgehead atoms. The molecule has 0 saturated carbocycles. The fraction of sp³-hybridized carbons (Fsp3) is 0.200. The van der Waals surface area contributed by atoms with Crippen molar-refractivity contribution in [2.45, 2.75) is 46.1 Å². The molecule has 0 saturated heterocycles. The molecule has 0 aliphatic carbocycles. The third-order valence-corrected chi connectivity index (χ3v) is 14.4. The van der Waals surface area contributed by atoms with Gasteiger partial charge < -0.3 is 28.4 Å². The quantitative estimate of drug-likeness (QED) is 0.0625. The summed E-state index contributed by atoms with van der Waals surface area (Å²) in [4.78, 5) is 84.5. The summed E-state index contributed by atoms with van der Waals surface area (Å²) in [6, 6.07) is 34.8. The van der Waals surface area contributed by atoms with Crippen LogP contribution in [-0.4, -0.2) is 90.0 Å². The van der Waals surface area contributed by atoms with Crippen molar-refractivity contribution in [2.24, 2.45) is 0 Å². The number of rotatable bonds is 17. The lowest BCUT2D eigenvalue weighted by Crippen LogP contribution is -2.32. The van der Waals surface area contributed by atoms with E-state index in [1.807, 2.05) is 0 Å². The van der Waals surface area contributed by atoms with Crippen molar-refractivity contribution in [3.05, 3.63) is 193 Å². The molecule has 78 heavy (non-hydrogen) atoms. The molecule has 0 amide bonds. The Hall–Kier alpha value is -8.37. The van der Waals surface area contributed by atoms with E-state index in [9.17, 15) is 28.8 Å². The van der Waals surface area contributed by atoms with Crippen LogP contribution >= 0.6 is 34.8 Å². The molecule has 18 heteroatoms. The highest BCUT2D eigenvalue weighted by Gasteiger charge is 2.29. The van der Waals surface area contributed by atoms with Crippen LogP contribution in [0.1, 0.15) is 64.8 Å². The van der Waals surface area contributed by atoms with Gasteiger partial charge in [-0.3, -0.25) is 42.5 Å². The van der Waals surface area contributed by atoms with Crippen LogP contribution in [0.25, 0.3) is 32.7 Å². The number of carbonyl (C=O) groups is 6. The molecule has 0 unspecified atom stereocenters. The molecule has 398 valence electrons. The van der Waals surface area contributed by atoms with Gasteiger partial charge in [0.15, 0.2) is 6.10 Å². The highest BCUT2D eigenvalue weighted by molar-refractivity contribution is 6.31. The summed E-state index contributed by atoms with van der Waals surface area (Å²) in [5.74, 6) is -1.93. The molecule has 6 aromatic carbocycles. The minimum Gasteiger partial charge on any atom is -0.497 e. The van der Waals surface area contributed by atoms with Gasteiger partial charge in [0, 0.05) is 65.0 Å². The Bertz CT molecular complexity index is 3670. The van der Waals surface area contributed by atoms with E-state index < -0.39 is 37.2 Å². The van der Waals surface area contributed by atoms with Crippen molar-refractivity contribution in [2.75, 3.05) is 34.5 Å². The zero-order chi connectivity index (χ0) is 55.5. The first-order chi connectivity index (χ1) is 37.5. The Kier molecular flexibility index (Phi) is 16.1. The van der Waals surface area contributed by atoms with E-state index in [0.717, 1.165) is 0 Å². The summed E-state index contributed by atoms with van der Waals surface area (Å²) >= 11 is 18.4. The Morgan fingerprint density at radius 3 is 0.974 bits per heavy atom. The third kappa shape index (κ3) is 11.1. The van der Waals surface area contributed by atoms with Gasteiger partial charge in [0.25, 0.3) is 17.7 Å². The number of benzene rings is 6. The Balaban J connectivity index is 1.01. The first-order valence-corrected chi connectivity index (χ1v) is 25.6. The normalized spacial score (nSPS) is 11.3. The lowest BCUT2D eigenvalue weighted by molar-refractivity contribution is -0.165. The van der Waals surface area contributed by atoms with Gasteiger partial charge in [-0.15, -0.1) is 0 Å². The van der Waals surface area contributed by atoms with Crippen molar-refractivity contribution < 1.29 is 57.2 Å². The molecule has 0 fully saturated rings. The van der Waals surface area contributed by atoms with Crippen LogP contribution in [0.15, 0.2) is 127 Å². The average Bonchev–Trinajstić information content (AvgIpc) is 4.18. The van der Waals surface area contributed by atoms with E-state index in [4.69, 9.17) is 63.2 Å². The third-order valence-electron chi connectivity index (χ3n) is 13.6. The summed E-state index contributed by atoms with van der Waals surface area (Å²) in [6.45, 7) is 4.02. The zero-order valence-corrected chi connectivity index (χ0v) is 45.4. The van der Waals surface area contributed by atoms with Crippen molar-refractivity contribution in [1.29, 1.82) is 0 Å². The van der Waals surface area contributed by atoms with Gasteiger partial charge >= 0.3 is 17.9 Å². The van der Waals surface area contributed by atoms with E-state index in [1.165, 1.54) is 35.0 Å². The maximum atomic E-state index is 14.3. The molecule has 0 aliphatic heterocycles. The molecule has 3 heterocycles. The van der Waals surface area contributed by atoms with Crippen molar-refractivity contribution in [3.63, 3.8) is 0 Å². The van der Waals surface area contributed by atoms with Crippen LogP contribution < -0.4 is 14.2 Å². The zero-order valence-electron chi connectivity index (χ0n) is 43.1. The predicted molar refractivity (Wildman–Crippen MR) is 296 cm³/mol. The molecule has 0 atom stereocenters. The fourth-order valence-corrected chi connectivity index (χ4v) is 10.0. The Morgan fingerprint density at radius 1 is 0.410 bits per heavy atom. The first kappa shape index (κ1) is 54.4. The van der Waals surface area contributed by atoms with Crippen molar-refractivity contribution in [1.82, 2.24) is 13.7 Å². The van der Waals surface area contributed by atoms with E-state index in [-0.39, 0.29) is 37.0 Å². The highest BCUT2D eigenvalue weighted by Crippen LogP contribution is 2.35. The average molecular weight is 1110 g/mol. The van der Waals surface area contributed by atoms with Crippen molar-refractivity contribution in [3.8, 4) is 17.2 Å². The molecule has 9 rings (SSSR count). The van der Waals surface area contributed by atoms with E-state index >= 15 is 0 Å².